The predicted octanol–water partition coefficient (Wildman–Crippen LogP) is 0.561. The molecule has 0 atom stereocenters. The quantitative estimate of drug-likeness (QED) is 0.862. The normalized spacial score (nSPS) is 19.9. The molecule has 2 fully saturated rings. The second kappa shape index (κ2) is 7.82. The molecule has 2 N–H and O–H groups in total. The molecule has 2 amide bonds. The van der Waals surface area contributed by atoms with Crippen molar-refractivity contribution in [3.63, 3.8) is 0 Å². The van der Waals surface area contributed by atoms with Crippen molar-refractivity contribution in [3.8, 4) is 0 Å². The number of carbonyl (C=O) groups is 2. The molecule has 2 saturated heterocycles. The topological polar surface area (TPSA) is 82.8 Å². The van der Waals surface area contributed by atoms with Crippen LogP contribution in [0.15, 0.2) is 18.5 Å². The number of hydrogen-bond acceptors (Lipinski definition) is 5. The van der Waals surface area contributed by atoms with Crippen LogP contribution in [0.4, 0.5) is 5.69 Å². The van der Waals surface area contributed by atoms with E-state index in [4.69, 9.17) is 5.73 Å². The maximum absolute atomic E-state index is 12.5. The smallest absolute Gasteiger partial charge is 0.252 e. The van der Waals surface area contributed by atoms with E-state index in [0.717, 1.165) is 57.8 Å². The summed E-state index contributed by atoms with van der Waals surface area (Å²) in [5.41, 5.74) is 6.77. The van der Waals surface area contributed by atoms with E-state index >= 15 is 0 Å². The number of primary amides is 1. The number of pyridine rings is 1. The van der Waals surface area contributed by atoms with Crippen molar-refractivity contribution in [2.45, 2.75) is 19.3 Å². The number of piperazine rings is 1. The molecule has 0 aromatic carbocycles. The van der Waals surface area contributed by atoms with Gasteiger partial charge in [0.25, 0.3) is 5.91 Å². The van der Waals surface area contributed by atoms with Crippen LogP contribution < -0.4 is 10.6 Å². The van der Waals surface area contributed by atoms with Crippen LogP contribution in [0.2, 0.25) is 0 Å². The number of rotatable bonds is 4. The van der Waals surface area contributed by atoms with Crippen LogP contribution in [-0.4, -0.2) is 72.9 Å². The second-order valence-electron chi connectivity index (χ2n) is 7.08. The highest BCUT2D eigenvalue weighted by Crippen LogP contribution is 2.27. The Balaban J connectivity index is 1.52. The summed E-state index contributed by atoms with van der Waals surface area (Å²) in [7, 11) is 2.09. The number of piperidine rings is 1. The van der Waals surface area contributed by atoms with E-state index in [0.29, 0.717) is 17.9 Å². The zero-order valence-corrected chi connectivity index (χ0v) is 14.9. The Labute approximate surface area is 148 Å². The predicted molar refractivity (Wildman–Crippen MR) is 96.4 cm³/mol. The van der Waals surface area contributed by atoms with Crippen molar-refractivity contribution in [1.29, 1.82) is 0 Å². The van der Waals surface area contributed by atoms with E-state index < -0.39 is 5.91 Å². The van der Waals surface area contributed by atoms with Crippen LogP contribution in [0.1, 0.15) is 29.6 Å². The highest BCUT2D eigenvalue weighted by atomic mass is 16.2. The molecule has 2 aliphatic rings. The highest BCUT2D eigenvalue weighted by molar-refractivity contribution is 5.98. The minimum atomic E-state index is -0.449. The van der Waals surface area contributed by atoms with Gasteiger partial charge in [-0.05, 0) is 31.9 Å². The van der Waals surface area contributed by atoms with Gasteiger partial charge in [-0.25, -0.2) is 0 Å². The maximum atomic E-state index is 12.5. The van der Waals surface area contributed by atoms with Crippen molar-refractivity contribution in [2.24, 2.45) is 11.7 Å². The van der Waals surface area contributed by atoms with Crippen LogP contribution in [0.5, 0.6) is 0 Å². The highest BCUT2D eigenvalue weighted by Gasteiger charge is 2.26. The summed E-state index contributed by atoms with van der Waals surface area (Å²) in [6, 6.07) is 1.84. The van der Waals surface area contributed by atoms with Gasteiger partial charge in [0.2, 0.25) is 5.91 Å². The summed E-state index contributed by atoms with van der Waals surface area (Å²) >= 11 is 0. The molecule has 0 saturated carbocycles. The summed E-state index contributed by atoms with van der Waals surface area (Å²) in [5.74, 6) is 0.256. The lowest BCUT2D eigenvalue weighted by molar-refractivity contribution is -0.133. The molecule has 0 bridgehead atoms. The zero-order chi connectivity index (χ0) is 17.8. The third kappa shape index (κ3) is 4.28. The van der Waals surface area contributed by atoms with Gasteiger partial charge < -0.3 is 20.4 Å². The average Bonchev–Trinajstić information content (AvgIpc) is 2.63. The van der Waals surface area contributed by atoms with Gasteiger partial charge in [0.1, 0.15) is 0 Å². The Kier molecular flexibility index (Phi) is 5.53. The number of carbonyl (C=O) groups excluding carboxylic acids is 2. The third-order valence-corrected chi connectivity index (χ3v) is 5.34. The molecule has 25 heavy (non-hydrogen) atoms. The first-order chi connectivity index (χ1) is 12.0. The summed E-state index contributed by atoms with van der Waals surface area (Å²) in [5, 5.41) is 0. The monoisotopic (exact) mass is 345 g/mol. The zero-order valence-electron chi connectivity index (χ0n) is 14.9. The third-order valence-electron chi connectivity index (χ3n) is 5.34. The van der Waals surface area contributed by atoms with E-state index in [2.05, 4.69) is 21.8 Å². The Hall–Kier alpha value is -2.15. The fourth-order valence-electron chi connectivity index (χ4n) is 3.66. The second-order valence-corrected chi connectivity index (χ2v) is 7.08. The molecule has 0 spiro atoms. The average molecular weight is 345 g/mol. The maximum Gasteiger partial charge on any atom is 0.252 e. The van der Waals surface area contributed by atoms with Gasteiger partial charge in [-0.1, -0.05) is 0 Å². The van der Waals surface area contributed by atoms with E-state index in [-0.39, 0.29) is 5.91 Å². The van der Waals surface area contributed by atoms with E-state index in [1.54, 1.807) is 6.20 Å². The first-order valence-electron chi connectivity index (χ1n) is 8.99. The summed E-state index contributed by atoms with van der Waals surface area (Å²) in [4.78, 5) is 34.5. The van der Waals surface area contributed by atoms with Crippen molar-refractivity contribution >= 4 is 17.5 Å². The lowest BCUT2D eigenvalue weighted by Gasteiger charge is -2.36. The van der Waals surface area contributed by atoms with E-state index in [9.17, 15) is 9.59 Å². The van der Waals surface area contributed by atoms with Crippen LogP contribution >= 0.6 is 0 Å². The van der Waals surface area contributed by atoms with Crippen LogP contribution in [0.25, 0.3) is 0 Å². The molecule has 0 radical (unpaired) electrons. The van der Waals surface area contributed by atoms with Gasteiger partial charge >= 0.3 is 0 Å². The number of likely N-dealkylation sites (N-methyl/N-ethyl adjacent to an activating group) is 1. The summed E-state index contributed by atoms with van der Waals surface area (Å²) in [6.45, 7) is 5.28. The molecule has 7 nitrogen and oxygen atoms in total. The van der Waals surface area contributed by atoms with Crippen molar-refractivity contribution < 1.29 is 9.59 Å². The molecule has 0 aliphatic carbocycles. The molecule has 1 aromatic rings. The number of nitrogens with zero attached hydrogens (tertiary/aromatic N) is 4. The molecule has 136 valence electrons. The fraction of sp³-hybridized carbons (Fsp3) is 0.611. The molecule has 3 rings (SSSR count). The molecule has 7 heteroatoms. The first-order valence-corrected chi connectivity index (χ1v) is 8.99. The Morgan fingerprint density at radius 2 is 1.84 bits per heavy atom. The summed E-state index contributed by atoms with van der Waals surface area (Å²) < 4.78 is 0. The minimum absolute atomic E-state index is 0.285. The number of aromatic nitrogens is 1. The van der Waals surface area contributed by atoms with Crippen LogP contribution in [-0.2, 0) is 4.79 Å². The number of amides is 2. The lowest BCUT2D eigenvalue weighted by Crippen LogP contribution is -2.47. The number of anilines is 1. The molecule has 1 aromatic heterocycles. The Morgan fingerprint density at radius 1 is 1.16 bits per heavy atom. The Bertz CT molecular complexity index is 620. The fourth-order valence-corrected chi connectivity index (χ4v) is 3.66. The molecular weight excluding hydrogens is 318 g/mol. The van der Waals surface area contributed by atoms with Crippen LogP contribution in [0, 0.1) is 5.92 Å². The van der Waals surface area contributed by atoms with Gasteiger partial charge in [0.05, 0.1) is 11.3 Å². The van der Waals surface area contributed by atoms with Crippen molar-refractivity contribution in [3.05, 3.63) is 24.0 Å². The minimum Gasteiger partial charge on any atom is -0.371 e. The SMILES string of the molecule is CN1CCN(C(=O)CC2CCN(c3ccncc3C(N)=O)CC2)CC1. The van der Waals surface area contributed by atoms with Crippen LogP contribution in [0.3, 0.4) is 0 Å². The number of nitrogens with two attached hydrogens (primary N) is 1. The van der Waals surface area contributed by atoms with Gasteiger partial charge in [-0.15, -0.1) is 0 Å². The van der Waals surface area contributed by atoms with Crippen molar-refractivity contribution in [2.75, 3.05) is 51.2 Å². The summed E-state index contributed by atoms with van der Waals surface area (Å²) in [6.07, 6.45) is 5.77. The largest absolute Gasteiger partial charge is 0.371 e. The first kappa shape index (κ1) is 17.7. The lowest BCUT2D eigenvalue weighted by atomic mass is 9.92. The van der Waals surface area contributed by atoms with Gasteiger partial charge in [0, 0.05) is 58.1 Å². The molecule has 3 heterocycles. The van der Waals surface area contributed by atoms with Gasteiger partial charge in [-0.2, -0.15) is 0 Å². The molecule has 0 unspecified atom stereocenters. The Morgan fingerprint density at radius 3 is 2.48 bits per heavy atom. The van der Waals surface area contributed by atoms with Gasteiger partial charge in [0.15, 0.2) is 0 Å². The van der Waals surface area contributed by atoms with E-state index in [1.165, 1.54) is 6.20 Å². The van der Waals surface area contributed by atoms with E-state index in [1.807, 2.05) is 11.0 Å². The molecular formula is C18H27N5O2. The standard InChI is InChI=1S/C18H27N5O2/c1-21-8-10-23(11-9-21)17(24)12-14-3-6-22(7-4-14)16-2-5-20-13-15(16)18(19)25/h2,5,13-14H,3-4,6-12H2,1H3,(H2,19,25). The van der Waals surface area contributed by atoms with Crippen molar-refractivity contribution in [1.82, 2.24) is 14.8 Å². The molecule has 2 aliphatic heterocycles. The van der Waals surface area contributed by atoms with Gasteiger partial charge in [-0.3, -0.25) is 14.6 Å². The number of hydrogen-bond donors (Lipinski definition) is 1.